The zero-order valence-electron chi connectivity index (χ0n) is 29.7. The lowest BCUT2D eigenvalue weighted by atomic mass is 9.94. The van der Waals surface area contributed by atoms with Gasteiger partial charge in [-0.1, -0.05) is 158 Å². The van der Waals surface area contributed by atoms with E-state index in [-0.39, 0.29) is 0 Å². The molecule has 1 heterocycles. The topological polar surface area (TPSA) is 8.17 Å². The molecule has 0 aliphatic carbocycles. The van der Waals surface area contributed by atoms with Crippen LogP contribution in [0.2, 0.25) is 0 Å². The normalized spacial score (nSPS) is 11.3. The molecule has 10 aromatic rings. The third-order valence-corrected chi connectivity index (χ3v) is 10.6. The van der Waals surface area contributed by atoms with Gasteiger partial charge in [-0.2, -0.15) is 0 Å². The molecule has 0 atom stereocenters. The van der Waals surface area contributed by atoms with Gasteiger partial charge in [-0.15, -0.1) is 0 Å². The maximum Gasteiger partial charge on any atom is 0.0553 e. The number of hydrogen-bond acceptors (Lipinski definition) is 1. The molecule has 0 radical (unpaired) electrons. The van der Waals surface area contributed by atoms with Crippen LogP contribution in [0.4, 0.5) is 17.1 Å². The molecule has 0 aliphatic heterocycles. The molecule has 0 spiro atoms. The minimum Gasteiger partial charge on any atom is -0.311 e. The Labute approximate surface area is 315 Å². The van der Waals surface area contributed by atoms with Crippen LogP contribution in [-0.2, 0) is 0 Å². The van der Waals surface area contributed by atoms with Crippen molar-refractivity contribution in [3.63, 3.8) is 0 Å². The van der Waals surface area contributed by atoms with Crippen LogP contribution < -0.4 is 4.90 Å². The summed E-state index contributed by atoms with van der Waals surface area (Å²) in [4.78, 5) is 2.35. The fourth-order valence-corrected chi connectivity index (χ4v) is 8.03. The molecule has 2 heteroatoms. The second-order valence-electron chi connectivity index (χ2n) is 13.8. The van der Waals surface area contributed by atoms with Gasteiger partial charge in [0.25, 0.3) is 0 Å². The van der Waals surface area contributed by atoms with Crippen molar-refractivity contribution in [2.45, 2.75) is 0 Å². The smallest absolute Gasteiger partial charge is 0.0553 e. The van der Waals surface area contributed by atoms with Gasteiger partial charge in [0.2, 0.25) is 0 Å². The molecule has 0 aliphatic rings. The minimum absolute atomic E-state index is 1.10. The van der Waals surface area contributed by atoms with E-state index in [0.717, 1.165) is 22.7 Å². The third kappa shape index (κ3) is 5.53. The Balaban J connectivity index is 1.11. The van der Waals surface area contributed by atoms with E-state index in [1.165, 1.54) is 66.0 Å². The predicted octanol–water partition coefficient (Wildman–Crippen LogP) is 14.4. The monoisotopic (exact) mass is 688 g/mol. The molecule has 9 aromatic carbocycles. The molecule has 1 aromatic heterocycles. The Kier molecular flexibility index (Phi) is 7.85. The van der Waals surface area contributed by atoms with Gasteiger partial charge >= 0.3 is 0 Å². The first-order chi connectivity index (χ1) is 26.8. The lowest BCUT2D eigenvalue weighted by Crippen LogP contribution is -2.09. The molecule has 0 bridgehead atoms. The lowest BCUT2D eigenvalue weighted by molar-refractivity contribution is 1.18. The van der Waals surface area contributed by atoms with Crippen molar-refractivity contribution in [3.05, 3.63) is 218 Å². The van der Waals surface area contributed by atoms with E-state index in [1.807, 2.05) is 0 Å². The number of fused-ring (bicyclic) bond motifs is 5. The Bertz CT molecular complexity index is 2790. The van der Waals surface area contributed by atoms with Crippen molar-refractivity contribution >= 4 is 49.6 Å². The number of benzene rings is 9. The summed E-state index contributed by atoms with van der Waals surface area (Å²) < 4.78 is 2.41. The van der Waals surface area contributed by atoms with Gasteiger partial charge in [0.15, 0.2) is 0 Å². The molecule has 10 rings (SSSR count). The highest BCUT2D eigenvalue weighted by molar-refractivity contribution is 6.24. The molecule has 2 nitrogen and oxygen atoms in total. The van der Waals surface area contributed by atoms with Crippen molar-refractivity contribution < 1.29 is 0 Å². The van der Waals surface area contributed by atoms with Crippen LogP contribution in [0.25, 0.3) is 71.6 Å². The number of rotatable bonds is 7. The number of aromatic nitrogens is 1. The third-order valence-electron chi connectivity index (χ3n) is 10.6. The largest absolute Gasteiger partial charge is 0.311 e. The van der Waals surface area contributed by atoms with E-state index in [1.54, 1.807) is 0 Å². The van der Waals surface area contributed by atoms with E-state index in [4.69, 9.17) is 0 Å². The van der Waals surface area contributed by atoms with Gasteiger partial charge in [0.05, 0.1) is 11.0 Å². The Morgan fingerprint density at radius 2 is 0.704 bits per heavy atom. The van der Waals surface area contributed by atoms with Gasteiger partial charge in [0.1, 0.15) is 0 Å². The SMILES string of the molecule is c1ccc(-c2ccc(N(c3ccc(-c4ccccc4)cc3)c3ccc(-c4cc5c(c6ccccc46)c4ccccc4n5-c4ccccc4)cc3)cc2)cc1. The average Bonchev–Trinajstić information content (AvgIpc) is 3.60. The highest BCUT2D eigenvalue weighted by Gasteiger charge is 2.19. The number of para-hydroxylation sites is 2. The summed E-state index contributed by atoms with van der Waals surface area (Å²) in [6, 6.07) is 78.7. The second kappa shape index (κ2) is 13.4. The van der Waals surface area contributed by atoms with Crippen LogP contribution >= 0.6 is 0 Å². The van der Waals surface area contributed by atoms with Gasteiger partial charge in [-0.3, -0.25) is 0 Å². The Morgan fingerprint density at radius 3 is 1.24 bits per heavy atom. The highest BCUT2D eigenvalue weighted by Crippen LogP contribution is 2.43. The molecule has 0 saturated heterocycles. The van der Waals surface area contributed by atoms with Crippen LogP contribution in [0, 0.1) is 0 Å². The molecule has 0 unspecified atom stereocenters. The van der Waals surface area contributed by atoms with Crippen molar-refractivity contribution in [1.29, 1.82) is 0 Å². The minimum atomic E-state index is 1.10. The van der Waals surface area contributed by atoms with Crippen LogP contribution in [0.1, 0.15) is 0 Å². The van der Waals surface area contributed by atoms with E-state index in [9.17, 15) is 0 Å². The maximum atomic E-state index is 2.41. The molecule has 54 heavy (non-hydrogen) atoms. The van der Waals surface area contributed by atoms with Gasteiger partial charge in [0, 0.05) is 33.5 Å². The standard InChI is InChI=1S/C52H36N2/c1-4-14-37(15-5-1)39-24-30-43(31-25-39)53(44-32-26-40(27-33-44)38-16-6-2-7-17-38)45-34-28-41(29-35-45)49-36-51-52(47-21-11-10-20-46(47)49)48-22-12-13-23-50(48)54(51)42-18-8-3-9-19-42/h1-36H. The first kappa shape index (κ1) is 31.6. The van der Waals surface area contributed by atoms with Crippen LogP contribution in [0.15, 0.2) is 218 Å². The Hall–Kier alpha value is -7.16. The summed E-state index contributed by atoms with van der Waals surface area (Å²) in [5, 5.41) is 5.06. The predicted molar refractivity (Wildman–Crippen MR) is 229 cm³/mol. The Morgan fingerprint density at radius 1 is 0.296 bits per heavy atom. The van der Waals surface area contributed by atoms with E-state index in [2.05, 4.69) is 228 Å². The van der Waals surface area contributed by atoms with Crippen molar-refractivity contribution in [1.82, 2.24) is 4.57 Å². The van der Waals surface area contributed by atoms with E-state index < -0.39 is 0 Å². The zero-order valence-corrected chi connectivity index (χ0v) is 29.7. The highest BCUT2D eigenvalue weighted by atomic mass is 15.1. The summed E-state index contributed by atoms with van der Waals surface area (Å²) in [7, 11) is 0. The summed E-state index contributed by atoms with van der Waals surface area (Å²) >= 11 is 0. The quantitative estimate of drug-likeness (QED) is 0.162. The second-order valence-corrected chi connectivity index (χ2v) is 13.8. The molecule has 0 N–H and O–H groups in total. The van der Waals surface area contributed by atoms with Gasteiger partial charge < -0.3 is 9.47 Å². The number of anilines is 3. The molecule has 0 fully saturated rings. The van der Waals surface area contributed by atoms with Crippen molar-refractivity contribution in [2.24, 2.45) is 0 Å². The summed E-state index contributed by atoms with van der Waals surface area (Å²) in [5.74, 6) is 0. The first-order valence-corrected chi connectivity index (χ1v) is 18.5. The zero-order chi connectivity index (χ0) is 35.8. The summed E-state index contributed by atoms with van der Waals surface area (Å²) in [6.45, 7) is 0. The van der Waals surface area contributed by atoms with Crippen LogP contribution in [0.3, 0.4) is 0 Å². The molecule has 254 valence electrons. The first-order valence-electron chi connectivity index (χ1n) is 18.5. The fraction of sp³-hybridized carbons (Fsp3) is 0. The fourth-order valence-electron chi connectivity index (χ4n) is 8.03. The van der Waals surface area contributed by atoms with Crippen LogP contribution in [-0.4, -0.2) is 4.57 Å². The maximum absolute atomic E-state index is 2.41. The van der Waals surface area contributed by atoms with Crippen molar-refractivity contribution in [2.75, 3.05) is 4.90 Å². The molecular formula is C52H36N2. The number of nitrogens with zero attached hydrogens (tertiary/aromatic N) is 2. The van der Waals surface area contributed by atoms with Gasteiger partial charge in [-0.05, 0) is 105 Å². The molecule has 0 saturated carbocycles. The van der Waals surface area contributed by atoms with E-state index >= 15 is 0 Å². The summed E-state index contributed by atoms with van der Waals surface area (Å²) in [6.07, 6.45) is 0. The van der Waals surface area contributed by atoms with Gasteiger partial charge in [-0.25, -0.2) is 0 Å². The summed E-state index contributed by atoms with van der Waals surface area (Å²) in [5.41, 5.74) is 14.1. The molecule has 0 amide bonds. The average molecular weight is 689 g/mol. The van der Waals surface area contributed by atoms with Crippen molar-refractivity contribution in [3.8, 4) is 39.1 Å². The van der Waals surface area contributed by atoms with E-state index in [0.29, 0.717) is 0 Å². The molecular weight excluding hydrogens is 653 g/mol. The number of hydrogen-bond donors (Lipinski definition) is 0. The lowest BCUT2D eigenvalue weighted by Gasteiger charge is -2.26. The van der Waals surface area contributed by atoms with Crippen LogP contribution in [0.5, 0.6) is 0 Å².